The molecule has 0 nitrogen and oxygen atoms in total. The van der Waals surface area contributed by atoms with Gasteiger partial charge in [-0.1, -0.05) is 6.32 Å². The fraction of sp³-hybridized carbons (Fsp3) is 1.00. The number of hydrogen-bond acceptors (Lipinski definition) is 1. The van der Waals surface area contributed by atoms with Crippen LogP contribution in [0.25, 0.3) is 0 Å². The van der Waals surface area contributed by atoms with Crippen LogP contribution >= 0.6 is 12.6 Å². The lowest BCUT2D eigenvalue weighted by Crippen LogP contribution is -1.62. The maximum atomic E-state index is 4.95. The quantitative estimate of drug-likeness (QED) is 0.338. The average molecular weight is 71.9 g/mol. The molecular formula is C2H5BS. The van der Waals surface area contributed by atoms with Gasteiger partial charge in [-0.15, -0.1) is 0 Å². The van der Waals surface area contributed by atoms with Gasteiger partial charge in [0.05, 0.1) is 7.85 Å². The summed E-state index contributed by atoms with van der Waals surface area (Å²) in [5, 5.41) is 0. The Morgan fingerprint density at radius 1 is 1.75 bits per heavy atom. The van der Waals surface area contributed by atoms with Crippen molar-refractivity contribution < 1.29 is 0 Å². The first kappa shape index (κ1) is 4.41. The SMILES string of the molecule is [B]CCS. The Labute approximate surface area is 33.4 Å². The lowest BCUT2D eigenvalue weighted by molar-refractivity contribution is 1.52. The molecule has 0 atom stereocenters. The predicted molar refractivity (Wildman–Crippen MR) is 24.4 cm³/mol. The molecule has 2 heteroatoms. The highest BCUT2D eigenvalue weighted by Gasteiger charge is 1.57. The molecule has 0 saturated heterocycles. The van der Waals surface area contributed by atoms with Crippen molar-refractivity contribution in [2.24, 2.45) is 0 Å². The lowest BCUT2D eigenvalue weighted by atomic mass is 10.1. The molecule has 0 aliphatic carbocycles. The molecule has 0 aliphatic heterocycles. The monoisotopic (exact) mass is 72.0 g/mol. The molecule has 4 heavy (non-hydrogen) atoms. The van der Waals surface area contributed by atoms with E-state index in [4.69, 9.17) is 7.85 Å². The molecule has 22 valence electrons. The molecule has 0 aliphatic rings. The van der Waals surface area contributed by atoms with E-state index in [0.717, 1.165) is 5.75 Å². The second kappa shape index (κ2) is 3.41. The molecule has 0 aromatic carbocycles. The Balaban J connectivity index is 1.97. The van der Waals surface area contributed by atoms with Crippen LogP contribution in [0.15, 0.2) is 0 Å². The summed E-state index contributed by atoms with van der Waals surface area (Å²) in [7, 11) is 4.95. The van der Waals surface area contributed by atoms with Gasteiger partial charge in [-0.3, -0.25) is 0 Å². The summed E-state index contributed by atoms with van der Waals surface area (Å²) in [6.07, 6.45) is 0.684. The lowest BCUT2D eigenvalue weighted by Gasteiger charge is -1.67. The molecule has 0 fully saturated rings. The molecule has 0 heterocycles. The molecule has 0 N–H and O–H groups in total. The number of rotatable bonds is 1. The molecule has 0 aromatic rings. The van der Waals surface area contributed by atoms with Gasteiger partial charge in [-0.25, -0.2) is 0 Å². The zero-order valence-corrected chi connectivity index (χ0v) is 3.33. The summed E-state index contributed by atoms with van der Waals surface area (Å²) in [4.78, 5) is 0. The standard InChI is InChI=1S/C2H5BS/c3-1-2-4/h4H,1-2H2. The van der Waals surface area contributed by atoms with Gasteiger partial charge in [-0.05, 0) is 5.75 Å². The minimum absolute atomic E-state index is 0.684. The molecule has 0 saturated carbocycles. The van der Waals surface area contributed by atoms with Gasteiger partial charge in [0.2, 0.25) is 0 Å². The zero-order valence-electron chi connectivity index (χ0n) is 2.44. The average Bonchev–Trinajstić information content (AvgIpc) is 1.37. The molecule has 0 unspecified atom stereocenters. The van der Waals surface area contributed by atoms with Crippen molar-refractivity contribution in [1.29, 1.82) is 0 Å². The third-order valence-corrected chi connectivity index (χ3v) is 0.387. The van der Waals surface area contributed by atoms with Crippen molar-refractivity contribution in [3.8, 4) is 0 Å². The van der Waals surface area contributed by atoms with E-state index >= 15 is 0 Å². The van der Waals surface area contributed by atoms with Gasteiger partial charge in [0, 0.05) is 0 Å². The van der Waals surface area contributed by atoms with E-state index in [1.54, 1.807) is 0 Å². The van der Waals surface area contributed by atoms with Gasteiger partial charge < -0.3 is 0 Å². The molecule has 0 aromatic heterocycles. The summed E-state index contributed by atoms with van der Waals surface area (Å²) in [5.41, 5.74) is 0. The van der Waals surface area contributed by atoms with Crippen LogP contribution in [0.5, 0.6) is 0 Å². The second-order valence-corrected chi connectivity index (χ2v) is 0.959. The Hall–Kier alpha value is 0.415. The zero-order chi connectivity index (χ0) is 3.41. The van der Waals surface area contributed by atoms with Gasteiger partial charge in [0.15, 0.2) is 0 Å². The minimum Gasteiger partial charge on any atom is -0.180 e. The summed E-state index contributed by atoms with van der Waals surface area (Å²) in [6, 6.07) is 0. The van der Waals surface area contributed by atoms with E-state index in [2.05, 4.69) is 12.6 Å². The molecular weight excluding hydrogens is 66.9 g/mol. The summed E-state index contributed by atoms with van der Waals surface area (Å²) in [5.74, 6) is 0.792. The van der Waals surface area contributed by atoms with Crippen LogP contribution in [-0.2, 0) is 0 Å². The molecule has 0 bridgehead atoms. The van der Waals surface area contributed by atoms with E-state index in [0.29, 0.717) is 6.32 Å². The maximum Gasteiger partial charge on any atom is 0.0663 e. The van der Waals surface area contributed by atoms with Crippen LogP contribution in [0, 0.1) is 0 Å². The van der Waals surface area contributed by atoms with E-state index in [9.17, 15) is 0 Å². The van der Waals surface area contributed by atoms with Crippen molar-refractivity contribution >= 4 is 20.5 Å². The van der Waals surface area contributed by atoms with E-state index in [-0.39, 0.29) is 0 Å². The van der Waals surface area contributed by atoms with E-state index in [1.165, 1.54) is 0 Å². The fourth-order valence-corrected chi connectivity index (χ4v) is 0. The van der Waals surface area contributed by atoms with Crippen molar-refractivity contribution in [2.75, 3.05) is 5.75 Å². The molecule has 0 spiro atoms. The highest BCUT2D eigenvalue weighted by molar-refractivity contribution is 7.80. The maximum absolute atomic E-state index is 4.95. The van der Waals surface area contributed by atoms with Crippen LogP contribution < -0.4 is 0 Å². The predicted octanol–water partition coefficient (Wildman–Crippen LogP) is 0.503. The van der Waals surface area contributed by atoms with Crippen LogP contribution in [0.2, 0.25) is 6.32 Å². The number of thiol groups is 1. The first-order chi connectivity index (χ1) is 1.91. The van der Waals surface area contributed by atoms with Crippen molar-refractivity contribution in [3.05, 3.63) is 0 Å². The third-order valence-electron chi connectivity index (χ3n) is 0.129. The Kier molecular flexibility index (Phi) is 3.77. The van der Waals surface area contributed by atoms with Gasteiger partial charge >= 0.3 is 0 Å². The molecule has 0 amide bonds. The summed E-state index contributed by atoms with van der Waals surface area (Å²) < 4.78 is 0. The summed E-state index contributed by atoms with van der Waals surface area (Å²) in [6.45, 7) is 0. The van der Waals surface area contributed by atoms with Gasteiger partial charge in [0.1, 0.15) is 0 Å². The normalized spacial score (nSPS) is 7.25. The smallest absolute Gasteiger partial charge is 0.0663 e. The highest BCUT2D eigenvalue weighted by Crippen LogP contribution is 1.71. The molecule has 2 radical (unpaired) electrons. The summed E-state index contributed by atoms with van der Waals surface area (Å²) >= 11 is 3.80. The first-order valence-corrected chi connectivity index (χ1v) is 1.86. The van der Waals surface area contributed by atoms with Crippen molar-refractivity contribution in [1.82, 2.24) is 0 Å². The highest BCUT2D eigenvalue weighted by atomic mass is 32.1. The third kappa shape index (κ3) is 2.41. The van der Waals surface area contributed by atoms with Crippen LogP contribution in [0.4, 0.5) is 0 Å². The minimum atomic E-state index is 0.684. The van der Waals surface area contributed by atoms with Crippen LogP contribution in [0.1, 0.15) is 0 Å². The topological polar surface area (TPSA) is 0 Å². The van der Waals surface area contributed by atoms with Crippen molar-refractivity contribution in [2.45, 2.75) is 6.32 Å². The second-order valence-electron chi connectivity index (χ2n) is 0.512. The fourth-order valence-electron chi connectivity index (χ4n) is 0. The van der Waals surface area contributed by atoms with Gasteiger partial charge in [-0.2, -0.15) is 12.6 Å². The Morgan fingerprint density at radius 2 is 2.00 bits per heavy atom. The first-order valence-electron chi connectivity index (χ1n) is 1.22. The molecule has 0 rings (SSSR count). The van der Waals surface area contributed by atoms with E-state index < -0.39 is 0 Å². The number of hydrogen-bond donors (Lipinski definition) is 1. The largest absolute Gasteiger partial charge is 0.180 e. The Morgan fingerprint density at radius 3 is 2.00 bits per heavy atom. The van der Waals surface area contributed by atoms with Crippen LogP contribution in [0.3, 0.4) is 0 Å². The van der Waals surface area contributed by atoms with Crippen molar-refractivity contribution in [3.63, 3.8) is 0 Å². The van der Waals surface area contributed by atoms with Crippen LogP contribution in [-0.4, -0.2) is 13.6 Å². The van der Waals surface area contributed by atoms with Gasteiger partial charge in [0.25, 0.3) is 0 Å². The Bertz CT molecular complexity index is 8.00. The van der Waals surface area contributed by atoms with E-state index in [1.807, 2.05) is 0 Å².